The van der Waals surface area contributed by atoms with Crippen LogP contribution in [0.15, 0.2) is 0 Å². The fourth-order valence-electron chi connectivity index (χ4n) is 1.45. The van der Waals surface area contributed by atoms with Crippen molar-refractivity contribution in [1.29, 1.82) is 0 Å². The average Bonchev–Trinajstić information content (AvgIpc) is 2.17. The summed E-state index contributed by atoms with van der Waals surface area (Å²) in [5, 5.41) is 3.26. The number of halogens is 1. The maximum absolute atomic E-state index is 5.66. The maximum Gasteiger partial charge on any atom is 0.229 e. The third-order valence-electron chi connectivity index (χ3n) is 2.18. The highest BCUT2D eigenvalue weighted by molar-refractivity contribution is 6.28. The molecular weight excluding hydrogens is 218 g/mol. The van der Waals surface area contributed by atoms with Gasteiger partial charge in [-0.05, 0) is 24.4 Å². The second-order valence-electron chi connectivity index (χ2n) is 3.32. The summed E-state index contributed by atoms with van der Waals surface area (Å²) < 4.78 is 5.24. The summed E-state index contributed by atoms with van der Waals surface area (Å²) >= 11 is 5.66. The molecule has 1 fully saturated rings. The van der Waals surface area contributed by atoms with Gasteiger partial charge >= 0.3 is 0 Å². The molecule has 7 heteroatoms. The third kappa shape index (κ3) is 2.90. The normalized spacial score (nSPS) is 17.7. The molecule has 1 aromatic heterocycles. The Labute approximate surface area is 92.2 Å². The molecule has 0 atom stereocenters. The SMILES string of the molecule is Nc1nc(Cl)nc(NC2CCOCC2)n1. The quantitative estimate of drug-likeness (QED) is 0.777. The van der Waals surface area contributed by atoms with E-state index < -0.39 is 0 Å². The zero-order chi connectivity index (χ0) is 10.7. The Morgan fingerprint density at radius 2 is 2.00 bits per heavy atom. The van der Waals surface area contributed by atoms with E-state index in [9.17, 15) is 0 Å². The summed E-state index contributed by atoms with van der Waals surface area (Å²) in [5.41, 5.74) is 5.45. The molecule has 0 unspecified atom stereocenters. The Hall–Kier alpha value is -1.14. The van der Waals surface area contributed by atoms with E-state index >= 15 is 0 Å². The Morgan fingerprint density at radius 3 is 2.67 bits per heavy atom. The number of nitrogen functional groups attached to an aromatic ring is 1. The van der Waals surface area contributed by atoms with Gasteiger partial charge in [0, 0.05) is 19.3 Å². The number of anilines is 2. The van der Waals surface area contributed by atoms with Gasteiger partial charge in [-0.2, -0.15) is 15.0 Å². The molecule has 0 spiro atoms. The van der Waals surface area contributed by atoms with Crippen molar-refractivity contribution < 1.29 is 4.74 Å². The Kier molecular flexibility index (Phi) is 3.17. The number of nitrogens with zero attached hydrogens (tertiary/aromatic N) is 3. The van der Waals surface area contributed by atoms with Crippen molar-refractivity contribution in [3.63, 3.8) is 0 Å². The van der Waals surface area contributed by atoms with E-state index in [2.05, 4.69) is 20.3 Å². The zero-order valence-electron chi connectivity index (χ0n) is 8.11. The van der Waals surface area contributed by atoms with Gasteiger partial charge in [-0.3, -0.25) is 0 Å². The molecule has 0 aliphatic carbocycles. The number of aromatic nitrogens is 3. The van der Waals surface area contributed by atoms with Gasteiger partial charge < -0.3 is 15.8 Å². The van der Waals surface area contributed by atoms with E-state index in [1.807, 2.05) is 0 Å². The minimum absolute atomic E-state index is 0.108. The first-order valence-electron chi connectivity index (χ1n) is 4.75. The van der Waals surface area contributed by atoms with Crippen LogP contribution in [0, 0.1) is 0 Å². The van der Waals surface area contributed by atoms with Gasteiger partial charge in [-0.1, -0.05) is 0 Å². The van der Waals surface area contributed by atoms with Gasteiger partial charge in [0.15, 0.2) is 0 Å². The van der Waals surface area contributed by atoms with E-state index in [1.165, 1.54) is 0 Å². The van der Waals surface area contributed by atoms with Gasteiger partial charge in [-0.25, -0.2) is 0 Å². The molecule has 0 amide bonds. The van der Waals surface area contributed by atoms with Gasteiger partial charge in [0.25, 0.3) is 0 Å². The predicted octanol–water partition coefficient (Wildman–Crippen LogP) is 0.698. The molecule has 3 N–H and O–H groups in total. The molecule has 1 aromatic rings. The average molecular weight is 230 g/mol. The van der Waals surface area contributed by atoms with E-state index in [0.29, 0.717) is 12.0 Å². The maximum atomic E-state index is 5.66. The molecule has 1 saturated heterocycles. The highest BCUT2D eigenvalue weighted by Gasteiger charge is 2.15. The lowest BCUT2D eigenvalue weighted by atomic mass is 10.1. The lowest BCUT2D eigenvalue weighted by Gasteiger charge is -2.22. The lowest BCUT2D eigenvalue weighted by Crippen LogP contribution is -2.28. The van der Waals surface area contributed by atoms with Crippen LogP contribution in [0.25, 0.3) is 0 Å². The summed E-state index contributed by atoms with van der Waals surface area (Å²) in [5.74, 6) is 0.559. The first kappa shape index (κ1) is 10.4. The number of nitrogens with two attached hydrogens (primary N) is 1. The molecule has 15 heavy (non-hydrogen) atoms. The fraction of sp³-hybridized carbons (Fsp3) is 0.625. The minimum Gasteiger partial charge on any atom is -0.381 e. The summed E-state index contributed by atoms with van der Waals surface area (Å²) in [4.78, 5) is 11.6. The highest BCUT2D eigenvalue weighted by Crippen LogP contribution is 2.13. The van der Waals surface area contributed by atoms with Crippen LogP contribution in [0.3, 0.4) is 0 Å². The van der Waals surface area contributed by atoms with Crippen molar-refractivity contribution in [2.45, 2.75) is 18.9 Å². The molecule has 0 aromatic carbocycles. The van der Waals surface area contributed by atoms with Crippen LogP contribution in [0.5, 0.6) is 0 Å². The standard InChI is InChI=1S/C8H12ClN5O/c9-6-12-7(10)14-8(13-6)11-5-1-3-15-4-2-5/h5H,1-4H2,(H3,10,11,12,13,14). The second-order valence-corrected chi connectivity index (χ2v) is 3.66. The Balaban J connectivity index is 2.02. The molecule has 1 aliphatic heterocycles. The molecule has 2 rings (SSSR count). The fourth-order valence-corrected chi connectivity index (χ4v) is 1.62. The third-order valence-corrected chi connectivity index (χ3v) is 2.35. The van der Waals surface area contributed by atoms with Crippen LogP contribution < -0.4 is 11.1 Å². The first-order chi connectivity index (χ1) is 7.24. The molecule has 0 bridgehead atoms. The largest absolute Gasteiger partial charge is 0.381 e. The van der Waals surface area contributed by atoms with Crippen molar-refractivity contribution in [3.05, 3.63) is 5.28 Å². The smallest absolute Gasteiger partial charge is 0.229 e. The van der Waals surface area contributed by atoms with E-state index in [4.69, 9.17) is 22.1 Å². The van der Waals surface area contributed by atoms with Crippen molar-refractivity contribution in [1.82, 2.24) is 15.0 Å². The highest BCUT2D eigenvalue weighted by atomic mass is 35.5. The van der Waals surface area contributed by atoms with E-state index in [0.717, 1.165) is 26.1 Å². The summed E-state index contributed by atoms with van der Waals surface area (Å²) in [6.45, 7) is 1.51. The molecule has 0 radical (unpaired) electrons. The Morgan fingerprint density at radius 1 is 1.27 bits per heavy atom. The van der Waals surface area contributed by atoms with Crippen LogP contribution >= 0.6 is 11.6 Å². The van der Waals surface area contributed by atoms with Crippen LogP contribution in [0.1, 0.15) is 12.8 Å². The van der Waals surface area contributed by atoms with Crippen LogP contribution in [-0.2, 0) is 4.74 Å². The van der Waals surface area contributed by atoms with Crippen molar-refractivity contribution in [2.75, 3.05) is 24.3 Å². The van der Waals surface area contributed by atoms with Crippen LogP contribution in [-0.4, -0.2) is 34.2 Å². The molecule has 6 nitrogen and oxygen atoms in total. The molecular formula is C8H12ClN5O. The number of hydrogen-bond acceptors (Lipinski definition) is 6. The molecule has 0 saturated carbocycles. The van der Waals surface area contributed by atoms with Crippen LogP contribution in [0.2, 0.25) is 5.28 Å². The van der Waals surface area contributed by atoms with Gasteiger partial charge in [0.05, 0.1) is 0 Å². The van der Waals surface area contributed by atoms with Crippen molar-refractivity contribution in [3.8, 4) is 0 Å². The molecule has 82 valence electrons. The van der Waals surface area contributed by atoms with Crippen LogP contribution in [0.4, 0.5) is 11.9 Å². The molecule has 2 heterocycles. The summed E-state index contributed by atoms with van der Waals surface area (Å²) in [6.07, 6.45) is 1.87. The summed E-state index contributed by atoms with van der Waals surface area (Å²) in [7, 11) is 0. The van der Waals surface area contributed by atoms with Gasteiger partial charge in [-0.15, -0.1) is 0 Å². The second kappa shape index (κ2) is 4.59. The number of hydrogen-bond donors (Lipinski definition) is 2. The van der Waals surface area contributed by atoms with Crippen molar-refractivity contribution in [2.24, 2.45) is 0 Å². The molecule has 1 aliphatic rings. The Bertz CT molecular complexity index is 322. The monoisotopic (exact) mass is 229 g/mol. The first-order valence-corrected chi connectivity index (χ1v) is 5.13. The number of ether oxygens (including phenoxy) is 1. The number of nitrogens with one attached hydrogen (secondary N) is 1. The predicted molar refractivity (Wildman–Crippen MR) is 56.7 cm³/mol. The van der Waals surface area contributed by atoms with E-state index in [-0.39, 0.29) is 11.2 Å². The zero-order valence-corrected chi connectivity index (χ0v) is 8.87. The van der Waals surface area contributed by atoms with Gasteiger partial charge in [0.1, 0.15) is 0 Å². The number of rotatable bonds is 2. The summed E-state index contributed by atoms with van der Waals surface area (Å²) in [6, 6.07) is 0.316. The minimum atomic E-state index is 0.108. The lowest BCUT2D eigenvalue weighted by molar-refractivity contribution is 0.0903. The van der Waals surface area contributed by atoms with Gasteiger partial charge in [0.2, 0.25) is 17.2 Å². The van der Waals surface area contributed by atoms with Crippen molar-refractivity contribution >= 4 is 23.5 Å². The topological polar surface area (TPSA) is 86.0 Å². The van der Waals surface area contributed by atoms with E-state index in [1.54, 1.807) is 0 Å².